The van der Waals surface area contributed by atoms with Gasteiger partial charge in [-0.1, -0.05) is 63.4 Å². The van der Waals surface area contributed by atoms with E-state index in [1.54, 1.807) is 11.3 Å². The molecule has 0 unspecified atom stereocenters. The van der Waals surface area contributed by atoms with Crippen molar-refractivity contribution in [3.05, 3.63) is 76.8 Å². The fourth-order valence-electron chi connectivity index (χ4n) is 4.31. The molecule has 0 radical (unpaired) electrons. The summed E-state index contributed by atoms with van der Waals surface area (Å²) in [5.74, 6) is 0. The van der Waals surface area contributed by atoms with Crippen LogP contribution in [0.1, 0.15) is 55.4 Å². The Morgan fingerprint density at radius 2 is 1.44 bits per heavy atom. The van der Waals surface area contributed by atoms with E-state index in [1.165, 1.54) is 20.9 Å². The van der Waals surface area contributed by atoms with Gasteiger partial charge in [0.1, 0.15) is 0 Å². The van der Waals surface area contributed by atoms with E-state index in [0.29, 0.717) is 24.2 Å². The standard InChI is InChI=1S/C17H10NS.C13H29N3.Ir/c1-2-6-13-12(4-1)5-3-7-14(13)17-15-9-11-19-16(15)8-10-18-17;1-9(2)14-13(15-10(3)4)16(11(5)6)12(7)8;/h1-6,8-11H;9-13H,1-8H3;/q-1;-2;+3. The first-order valence-corrected chi connectivity index (χ1v) is 13.5. The normalized spacial score (nSPS) is 11.7. The fourth-order valence-corrected chi connectivity index (χ4v) is 5.09. The molecule has 2 aromatic carbocycles. The largest absolute Gasteiger partial charge is 3.00 e. The maximum Gasteiger partial charge on any atom is 3.00 e. The van der Waals surface area contributed by atoms with Crippen LogP contribution in [0.3, 0.4) is 0 Å². The predicted molar refractivity (Wildman–Crippen MR) is 154 cm³/mol. The van der Waals surface area contributed by atoms with Crippen LogP contribution in [0, 0.1) is 6.07 Å². The van der Waals surface area contributed by atoms with Crippen molar-refractivity contribution in [3.8, 4) is 11.3 Å². The molecule has 0 bridgehead atoms. The molecule has 4 nitrogen and oxygen atoms in total. The Morgan fingerprint density at radius 3 is 2.06 bits per heavy atom. The number of nitrogens with zero attached hydrogens (tertiary/aromatic N) is 4. The molecule has 4 rings (SSSR count). The third-order valence-corrected chi connectivity index (χ3v) is 6.54. The average Bonchev–Trinajstić information content (AvgIpc) is 3.27. The van der Waals surface area contributed by atoms with E-state index in [9.17, 15) is 0 Å². The van der Waals surface area contributed by atoms with Crippen molar-refractivity contribution >= 4 is 32.2 Å². The minimum Gasteiger partial charge on any atom is -0.663 e. The quantitative estimate of drug-likeness (QED) is 0.175. The van der Waals surface area contributed by atoms with Crippen molar-refractivity contribution in [2.45, 2.75) is 85.8 Å². The summed E-state index contributed by atoms with van der Waals surface area (Å²) in [6, 6.07) is 21.6. The summed E-state index contributed by atoms with van der Waals surface area (Å²) >= 11 is 1.75. The van der Waals surface area contributed by atoms with Gasteiger partial charge < -0.3 is 20.5 Å². The molecule has 6 heteroatoms. The van der Waals surface area contributed by atoms with Crippen molar-refractivity contribution in [2.75, 3.05) is 0 Å². The Morgan fingerprint density at radius 1 is 0.806 bits per heavy atom. The molecule has 2 aromatic heterocycles. The minimum atomic E-state index is -0.000000000000000444. The SMILES string of the molecule is CC(C)[N-]C([N-]C(C)C)N(C(C)C)C(C)C.[Ir+3].[c-]1ccc2ccccc2c1-c1nccc2sccc12. The Labute approximate surface area is 235 Å². The Hall–Kier alpha value is -1.66. The summed E-state index contributed by atoms with van der Waals surface area (Å²) in [4.78, 5) is 6.94. The Bertz CT molecular complexity index is 1180. The van der Waals surface area contributed by atoms with Crippen LogP contribution in [0.5, 0.6) is 0 Å². The second-order valence-corrected chi connectivity index (χ2v) is 10.8. The minimum absolute atomic E-state index is 0. The molecule has 0 fully saturated rings. The molecule has 2 heterocycles. The summed E-state index contributed by atoms with van der Waals surface area (Å²) < 4.78 is 1.27. The fraction of sp³-hybridized carbons (Fsp3) is 0.433. The molecule has 0 aliphatic heterocycles. The van der Waals surface area contributed by atoms with Gasteiger partial charge in [-0.3, -0.25) is 0 Å². The van der Waals surface area contributed by atoms with Gasteiger partial charge in [0.05, 0.1) is 0 Å². The van der Waals surface area contributed by atoms with Gasteiger partial charge in [0.25, 0.3) is 0 Å². The van der Waals surface area contributed by atoms with Gasteiger partial charge in [-0.15, -0.1) is 52.6 Å². The maximum atomic E-state index is 4.72. The number of thiophene rings is 1. The molecule has 0 aliphatic rings. The summed E-state index contributed by atoms with van der Waals surface area (Å²) in [5.41, 5.74) is 2.11. The first kappa shape index (κ1) is 30.6. The zero-order valence-corrected chi connectivity index (χ0v) is 25.9. The van der Waals surface area contributed by atoms with Crippen molar-refractivity contribution in [3.63, 3.8) is 0 Å². The van der Waals surface area contributed by atoms with E-state index >= 15 is 0 Å². The molecule has 0 atom stereocenters. The number of hydrogen-bond acceptors (Lipinski definition) is 3. The van der Waals surface area contributed by atoms with Gasteiger partial charge in [0.15, 0.2) is 0 Å². The molecular weight excluding hydrogens is 641 g/mol. The third-order valence-electron chi connectivity index (χ3n) is 5.66. The van der Waals surface area contributed by atoms with E-state index in [-0.39, 0.29) is 26.4 Å². The van der Waals surface area contributed by atoms with Crippen LogP contribution in [-0.2, 0) is 20.1 Å². The van der Waals surface area contributed by atoms with Crippen LogP contribution in [0.2, 0.25) is 0 Å². The summed E-state index contributed by atoms with van der Waals surface area (Å²) in [6.45, 7) is 17.3. The number of aromatic nitrogens is 1. The van der Waals surface area contributed by atoms with E-state index in [1.807, 2.05) is 12.3 Å². The zero-order valence-electron chi connectivity index (χ0n) is 22.7. The van der Waals surface area contributed by atoms with Crippen LogP contribution in [-0.4, -0.2) is 40.3 Å². The first-order chi connectivity index (χ1) is 16.7. The summed E-state index contributed by atoms with van der Waals surface area (Å²) in [7, 11) is 0. The molecule has 0 aliphatic carbocycles. The Balaban J connectivity index is 0.000000252. The van der Waals surface area contributed by atoms with Crippen LogP contribution >= 0.6 is 11.3 Å². The van der Waals surface area contributed by atoms with Crippen LogP contribution < -0.4 is 0 Å². The first-order valence-electron chi connectivity index (χ1n) is 12.6. The van der Waals surface area contributed by atoms with Crippen molar-refractivity contribution in [1.29, 1.82) is 0 Å². The van der Waals surface area contributed by atoms with Crippen LogP contribution in [0.4, 0.5) is 0 Å². The van der Waals surface area contributed by atoms with Gasteiger partial charge in [0, 0.05) is 23.0 Å². The average molecular weight is 680 g/mol. The molecule has 0 N–H and O–H groups in total. The molecule has 0 saturated carbocycles. The molecule has 0 amide bonds. The Kier molecular flexibility index (Phi) is 12.2. The number of fused-ring (bicyclic) bond motifs is 2. The predicted octanol–water partition coefficient (Wildman–Crippen LogP) is 8.87. The molecule has 194 valence electrons. The number of pyridine rings is 1. The van der Waals surface area contributed by atoms with Crippen molar-refractivity contribution in [2.24, 2.45) is 0 Å². The zero-order chi connectivity index (χ0) is 25.5. The number of hydrogen-bond donors (Lipinski definition) is 0. The smallest absolute Gasteiger partial charge is 0.663 e. The number of rotatable bonds is 8. The van der Waals surface area contributed by atoms with E-state index in [2.05, 4.69) is 119 Å². The van der Waals surface area contributed by atoms with Crippen molar-refractivity contribution in [1.82, 2.24) is 9.88 Å². The monoisotopic (exact) mass is 680 g/mol. The second kappa shape index (κ2) is 14.3. The van der Waals surface area contributed by atoms with Gasteiger partial charge in [-0.25, -0.2) is 0 Å². The van der Waals surface area contributed by atoms with Gasteiger partial charge in [-0.2, -0.15) is 6.29 Å². The summed E-state index contributed by atoms with van der Waals surface area (Å²) in [5, 5.41) is 15.2. The van der Waals surface area contributed by atoms with E-state index < -0.39 is 0 Å². The van der Waals surface area contributed by atoms with Crippen LogP contribution in [0.15, 0.2) is 60.1 Å². The molecule has 36 heavy (non-hydrogen) atoms. The van der Waals surface area contributed by atoms with E-state index in [4.69, 9.17) is 10.6 Å². The molecule has 0 saturated heterocycles. The second-order valence-electron chi connectivity index (χ2n) is 9.90. The van der Waals surface area contributed by atoms with Gasteiger partial charge >= 0.3 is 20.1 Å². The summed E-state index contributed by atoms with van der Waals surface area (Å²) in [6.07, 6.45) is 1.88. The number of benzene rings is 2. The van der Waals surface area contributed by atoms with Gasteiger partial charge in [0.2, 0.25) is 0 Å². The molecule has 0 spiro atoms. The van der Waals surface area contributed by atoms with Crippen LogP contribution in [0.25, 0.3) is 42.7 Å². The topological polar surface area (TPSA) is 44.3 Å². The maximum absolute atomic E-state index is 4.72. The van der Waals surface area contributed by atoms with Gasteiger partial charge in [-0.05, 0) is 50.2 Å². The van der Waals surface area contributed by atoms with E-state index in [0.717, 1.165) is 11.3 Å². The third kappa shape index (κ3) is 7.92. The van der Waals surface area contributed by atoms with Crippen molar-refractivity contribution < 1.29 is 20.1 Å². The molecule has 4 aromatic rings. The molecular formula is C30H39IrN4S.